The van der Waals surface area contributed by atoms with Crippen LogP contribution in [0.25, 0.3) is 0 Å². The zero-order valence-corrected chi connectivity index (χ0v) is 13.6. The highest BCUT2D eigenvalue weighted by molar-refractivity contribution is 7.98. The normalized spacial score (nSPS) is 19.8. The minimum atomic E-state index is -0.441. The first-order valence-electron chi connectivity index (χ1n) is 7.31. The molecule has 0 aliphatic carbocycles. The van der Waals surface area contributed by atoms with Gasteiger partial charge in [0.05, 0.1) is 9.82 Å². The SMILES string of the molecule is CSc1ccc(C(=O)N2CCCC(C(C)N)C2)cc1[N+](=O)[O-]. The zero-order valence-electron chi connectivity index (χ0n) is 12.8. The van der Waals surface area contributed by atoms with Crippen LogP contribution in [0.1, 0.15) is 30.1 Å². The fourth-order valence-corrected chi connectivity index (χ4v) is 3.32. The van der Waals surface area contributed by atoms with E-state index >= 15 is 0 Å². The van der Waals surface area contributed by atoms with Crippen LogP contribution >= 0.6 is 11.8 Å². The summed E-state index contributed by atoms with van der Waals surface area (Å²) in [6.45, 7) is 3.26. The van der Waals surface area contributed by atoms with Crippen molar-refractivity contribution in [2.24, 2.45) is 11.7 Å². The predicted molar refractivity (Wildman–Crippen MR) is 87.2 cm³/mol. The molecule has 0 aromatic heterocycles. The van der Waals surface area contributed by atoms with E-state index in [1.54, 1.807) is 23.3 Å². The van der Waals surface area contributed by atoms with Gasteiger partial charge in [-0.2, -0.15) is 0 Å². The summed E-state index contributed by atoms with van der Waals surface area (Å²) in [7, 11) is 0. The number of nitrogens with two attached hydrogens (primary N) is 1. The van der Waals surface area contributed by atoms with Gasteiger partial charge < -0.3 is 10.6 Å². The van der Waals surface area contributed by atoms with Crippen LogP contribution in [0.3, 0.4) is 0 Å². The number of carbonyl (C=O) groups excluding carboxylic acids is 1. The van der Waals surface area contributed by atoms with Crippen molar-refractivity contribution in [3.63, 3.8) is 0 Å². The second kappa shape index (κ2) is 7.11. The van der Waals surface area contributed by atoms with Crippen molar-refractivity contribution in [1.29, 1.82) is 0 Å². The maximum atomic E-state index is 12.6. The smallest absolute Gasteiger partial charge is 0.283 e. The van der Waals surface area contributed by atoms with E-state index in [0.717, 1.165) is 12.8 Å². The molecular formula is C15H21N3O3S. The number of hydrogen-bond donors (Lipinski definition) is 1. The van der Waals surface area contributed by atoms with Gasteiger partial charge in [-0.05, 0) is 44.1 Å². The fourth-order valence-electron chi connectivity index (χ4n) is 2.77. The Labute approximate surface area is 134 Å². The van der Waals surface area contributed by atoms with E-state index < -0.39 is 4.92 Å². The molecule has 2 rings (SSSR count). The van der Waals surface area contributed by atoms with Gasteiger partial charge in [-0.3, -0.25) is 14.9 Å². The number of amides is 1. The molecule has 1 aromatic carbocycles. The number of nitrogens with zero attached hydrogens (tertiary/aromatic N) is 2. The van der Waals surface area contributed by atoms with Crippen molar-refractivity contribution < 1.29 is 9.72 Å². The molecule has 1 fully saturated rings. The quantitative estimate of drug-likeness (QED) is 0.522. The zero-order chi connectivity index (χ0) is 16.3. The Balaban J connectivity index is 2.22. The van der Waals surface area contributed by atoms with Crippen LogP contribution in [0.2, 0.25) is 0 Å². The molecule has 22 heavy (non-hydrogen) atoms. The molecule has 7 heteroatoms. The average Bonchev–Trinajstić information content (AvgIpc) is 2.53. The van der Waals surface area contributed by atoms with Crippen molar-refractivity contribution in [2.45, 2.75) is 30.7 Å². The van der Waals surface area contributed by atoms with Gasteiger partial charge in [-0.1, -0.05) is 0 Å². The molecule has 1 aromatic rings. The van der Waals surface area contributed by atoms with Gasteiger partial charge in [0.1, 0.15) is 0 Å². The number of likely N-dealkylation sites (tertiary alicyclic amines) is 1. The Bertz CT molecular complexity index is 577. The lowest BCUT2D eigenvalue weighted by Gasteiger charge is -2.34. The second-order valence-corrected chi connectivity index (χ2v) is 6.50. The van der Waals surface area contributed by atoms with Crippen LogP contribution in [-0.4, -0.2) is 41.1 Å². The third kappa shape index (κ3) is 3.59. The summed E-state index contributed by atoms with van der Waals surface area (Å²) < 4.78 is 0. The Kier molecular flexibility index (Phi) is 5.42. The molecule has 2 N–H and O–H groups in total. The van der Waals surface area contributed by atoms with Crippen molar-refractivity contribution in [2.75, 3.05) is 19.3 Å². The summed E-state index contributed by atoms with van der Waals surface area (Å²) in [6.07, 6.45) is 3.72. The van der Waals surface area contributed by atoms with Crippen LogP contribution in [0.4, 0.5) is 5.69 Å². The van der Waals surface area contributed by atoms with E-state index in [4.69, 9.17) is 5.73 Å². The number of piperidine rings is 1. The number of nitro benzene ring substituents is 1. The fraction of sp³-hybridized carbons (Fsp3) is 0.533. The van der Waals surface area contributed by atoms with E-state index in [1.165, 1.54) is 17.8 Å². The van der Waals surface area contributed by atoms with Gasteiger partial charge in [0.15, 0.2) is 0 Å². The van der Waals surface area contributed by atoms with Gasteiger partial charge in [-0.25, -0.2) is 0 Å². The number of benzene rings is 1. The molecule has 1 aliphatic heterocycles. The van der Waals surface area contributed by atoms with Crippen molar-refractivity contribution in [3.05, 3.63) is 33.9 Å². The summed E-state index contributed by atoms with van der Waals surface area (Å²) in [5, 5.41) is 11.1. The van der Waals surface area contributed by atoms with E-state index in [2.05, 4.69) is 0 Å². The molecule has 1 heterocycles. The van der Waals surface area contributed by atoms with Gasteiger partial charge in [0, 0.05) is 30.8 Å². The number of nitro groups is 1. The van der Waals surface area contributed by atoms with Gasteiger partial charge in [0.25, 0.3) is 11.6 Å². The summed E-state index contributed by atoms with van der Waals surface area (Å²) in [6, 6.07) is 4.73. The molecule has 0 saturated carbocycles. The molecule has 0 radical (unpaired) electrons. The summed E-state index contributed by atoms with van der Waals surface area (Å²) >= 11 is 1.30. The lowest BCUT2D eigenvalue weighted by molar-refractivity contribution is -0.387. The minimum Gasteiger partial charge on any atom is -0.338 e. The highest BCUT2D eigenvalue weighted by Gasteiger charge is 2.27. The molecule has 2 atom stereocenters. The predicted octanol–water partition coefficient (Wildman–Crippen LogP) is 2.52. The maximum absolute atomic E-state index is 12.6. The van der Waals surface area contributed by atoms with Gasteiger partial charge in [-0.15, -0.1) is 11.8 Å². The van der Waals surface area contributed by atoms with Crippen LogP contribution in [-0.2, 0) is 0 Å². The topological polar surface area (TPSA) is 89.5 Å². The Hall–Kier alpha value is -1.60. The van der Waals surface area contributed by atoms with Crippen LogP contribution < -0.4 is 5.73 Å². The lowest BCUT2D eigenvalue weighted by Crippen LogP contribution is -2.45. The van der Waals surface area contributed by atoms with Gasteiger partial charge in [0.2, 0.25) is 0 Å². The standard InChI is InChI=1S/C15H21N3O3S/c1-10(16)12-4-3-7-17(9-12)15(19)11-5-6-14(22-2)13(8-11)18(20)21/h5-6,8,10,12H,3-4,7,9,16H2,1-2H3. The minimum absolute atomic E-state index is 0.0147. The highest BCUT2D eigenvalue weighted by Crippen LogP contribution is 2.29. The van der Waals surface area contributed by atoms with Crippen molar-refractivity contribution in [3.8, 4) is 0 Å². The van der Waals surface area contributed by atoms with Gasteiger partial charge >= 0.3 is 0 Å². The average molecular weight is 323 g/mol. The first kappa shape index (κ1) is 16.8. The van der Waals surface area contributed by atoms with Crippen molar-refractivity contribution in [1.82, 2.24) is 4.90 Å². The number of hydrogen-bond acceptors (Lipinski definition) is 5. The molecule has 1 saturated heterocycles. The van der Waals surface area contributed by atoms with Crippen LogP contribution in [0.15, 0.2) is 23.1 Å². The second-order valence-electron chi connectivity index (χ2n) is 5.66. The monoisotopic (exact) mass is 323 g/mol. The largest absolute Gasteiger partial charge is 0.338 e. The molecule has 0 bridgehead atoms. The third-order valence-electron chi connectivity index (χ3n) is 4.11. The molecular weight excluding hydrogens is 302 g/mol. The van der Waals surface area contributed by atoms with E-state index in [1.807, 2.05) is 6.92 Å². The molecule has 1 amide bonds. The summed E-state index contributed by atoms with van der Waals surface area (Å²) in [5.74, 6) is 0.138. The number of thioether (sulfide) groups is 1. The maximum Gasteiger partial charge on any atom is 0.283 e. The first-order valence-corrected chi connectivity index (χ1v) is 8.53. The Morgan fingerprint density at radius 1 is 1.55 bits per heavy atom. The van der Waals surface area contributed by atoms with E-state index in [-0.39, 0.29) is 23.6 Å². The first-order chi connectivity index (χ1) is 10.4. The van der Waals surface area contributed by atoms with Crippen molar-refractivity contribution >= 4 is 23.4 Å². The Morgan fingerprint density at radius 2 is 2.27 bits per heavy atom. The molecule has 120 valence electrons. The highest BCUT2D eigenvalue weighted by atomic mass is 32.2. The molecule has 1 aliphatic rings. The molecule has 6 nitrogen and oxygen atoms in total. The van der Waals surface area contributed by atoms with E-state index in [0.29, 0.717) is 23.5 Å². The van der Waals surface area contributed by atoms with Crippen LogP contribution in [0, 0.1) is 16.0 Å². The number of carbonyl (C=O) groups is 1. The number of rotatable bonds is 4. The molecule has 2 unspecified atom stereocenters. The van der Waals surface area contributed by atoms with E-state index in [9.17, 15) is 14.9 Å². The lowest BCUT2D eigenvalue weighted by atomic mass is 9.92. The van der Waals surface area contributed by atoms with Crippen LogP contribution in [0.5, 0.6) is 0 Å². The summed E-state index contributed by atoms with van der Waals surface area (Å²) in [4.78, 5) is 25.6. The third-order valence-corrected chi connectivity index (χ3v) is 4.90. The summed E-state index contributed by atoms with van der Waals surface area (Å²) in [5.41, 5.74) is 6.30. The molecule has 0 spiro atoms. The Morgan fingerprint density at radius 3 is 2.86 bits per heavy atom.